The molecule has 4 rings (SSSR count). The Labute approximate surface area is 164 Å². The van der Waals surface area contributed by atoms with E-state index >= 15 is 0 Å². The largest absolute Gasteiger partial charge is 0.348 e. The number of benzene rings is 2. The molecule has 2 aliphatic rings. The number of amidine groups is 1. The Bertz CT molecular complexity index is 866. The molecule has 0 radical (unpaired) electrons. The highest BCUT2D eigenvalue weighted by Crippen LogP contribution is 2.31. The minimum atomic E-state index is -0.125. The van der Waals surface area contributed by atoms with Gasteiger partial charge >= 0.3 is 0 Å². The maximum absolute atomic E-state index is 12.3. The zero-order chi connectivity index (χ0) is 18.6. The van der Waals surface area contributed by atoms with E-state index in [0.717, 1.165) is 43.5 Å². The van der Waals surface area contributed by atoms with Crippen LogP contribution in [-0.2, 0) is 4.79 Å². The predicted molar refractivity (Wildman–Crippen MR) is 114 cm³/mol. The lowest BCUT2D eigenvalue weighted by Crippen LogP contribution is -2.47. The number of likely N-dealkylation sites (N-methyl/N-ethyl adjacent to an activating group) is 1. The van der Waals surface area contributed by atoms with Gasteiger partial charge < -0.3 is 9.80 Å². The number of amides is 1. The number of rotatable bonds is 3. The van der Waals surface area contributed by atoms with E-state index in [2.05, 4.69) is 58.1 Å². The lowest BCUT2D eigenvalue weighted by atomic mass is 10.0. The van der Waals surface area contributed by atoms with Gasteiger partial charge in [-0.05, 0) is 41.1 Å². The van der Waals surface area contributed by atoms with Gasteiger partial charge in [0.2, 0.25) is 0 Å². The normalized spacial score (nSPS) is 19.6. The number of piperazine rings is 1. The van der Waals surface area contributed by atoms with Crippen LogP contribution in [0.3, 0.4) is 0 Å². The second-order valence-electron chi connectivity index (χ2n) is 6.72. The second-order valence-corrected chi connectivity index (χ2v) is 7.73. The highest BCUT2D eigenvalue weighted by Gasteiger charge is 2.28. The lowest BCUT2D eigenvalue weighted by Gasteiger charge is -2.34. The van der Waals surface area contributed by atoms with Crippen molar-refractivity contribution in [2.24, 2.45) is 4.99 Å². The van der Waals surface area contributed by atoms with Gasteiger partial charge in [0.15, 0.2) is 5.17 Å². The fourth-order valence-electron chi connectivity index (χ4n) is 3.34. The molecule has 27 heavy (non-hydrogen) atoms. The fraction of sp³-hybridized carbons (Fsp3) is 0.273. The zero-order valence-corrected chi connectivity index (χ0v) is 16.3. The Hall–Kier alpha value is -2.37. The summed E-state index contributed by atoms with van der Waals surface area (Å²) in [6, 6.07) is 18.6. The average molecular weight is 378 g/mol. The van der Waals surface area contributed by atoms with Crippen LogP contribution in [0.4, 0.5) is 0 Å². The zero-order valence-electron chi connectivity index (χ0n) is 15.5. The molecule has 5 heteroatoms. The van der Waals surface area contributed by atoms with E-state index in [-0.39, 0.29) is 5.91 Å². The van der Waals surface area contributed by atoms with Crippen molar-refractivity contribution in [3.8, 4) is 11.1 Å². The molecule has 0 N–H and O–H groups in total. The molecule has 0 aliphatic carbocycles. The lowest BCUT2D eigenvalue weighted by molar-refractivity contribution is -0.113. The van der Waals surface area contributed by atoms with Gasteiger partial charge in [-0.3, -0.25) is 4.79 Å². The van der Waals surface area contributed by atoms with Gasteiger partial charge in [0.05, 0.1) is 4.91 Å². The van der Waals surface area contributed by atoms with Crippen LogP contribution in [0.5, 0.6) is 0 Å². The molecule has 0 atom stereocenters. The Morgan fingerprint density at radius 1 is 0.963 bits per heavy atom. The predicted octanol–water partition coefficient (Wildman–Crippen LogP) is 3.96. The average Bonchev–Trinajstić information content (AvgIpc) is 3.09. The number of hydrogen-bond donors (Lipinski definition) is 0. The highest BCUT2D eigenvalue weighted by molar-refractivity contribution is 8.18. The number of aliphatic imine (C=N–C) groups is 1. The van der Waals surface area contributed by atoms with E-state index in [1.165, 1.54) is 22.9 Å². The molecule has 2 aliphatic heterocycles. The smallest absolute Gasteiger partial charge is 0.286 e. The van der Waals surface area contributed by atoms with Crippen molar-refractivity contribution in [2.75, 3.05) is 32.7 Å². The third-order valence-corrected chi connectivity index (χ3v) is 6.06. The summed E-state index contributed by atoms with van der Waals surface area (Å²) >= 11 is 1.50. The summed E-state index contributed by atoms with van der Waals surface area (Å²) in [5, 5.41) is 0.850. The molecule has 0 bridgehead atoms. The molecule has 1 fully saturated rings. The van der Waals surface area contributed by atoms with Gasteiger partial charge in [-0.1, -0.05) is 61.5 Å². The van der Waals surface area contributed by atoms with Crippen molar-refractivity contribution in [1.82, 2.24) is 9.80 Å². The molecule has 2 aromatic rings. The molecular formula is C22H23N3OS. The Kier molecular flexibility index (Phi) is 5.41. The van der Waals surface area contributed by atoms with E-state index < -0.39 is 0 Å². The van der Waals surface area contributed by atoms with E-state index in [4.69, 9.17) is 0 Å². The van der Waals surface area contributed by atoms with E-state index in [1.54, 1.807) is 0 Å². The summed E-state index contributed by atoms with van der Waals surface area (Å²) < 4.78 is 0. The van der Waals surface area contributed by atoms with Crippen LogP contribution in [0.25, 0.3) is 17.2 Å². The van der Waals surface area contributed by atoms with Gasteiger partial charge in [0, 0.05) is 26.2 Å². The van der Waals surface area contributed by atoms with Gasteiger partial charge in [0.1, 0.15) is 0 Å². The van der Waals surface area contributed by atoms with Crippen molar-refractivity contribution < 1.29 is 4.79 Å². The van der Waals surface area contributed by atoms with Crippen molar-refractivity contribution >= 4 is 28.9 Å². The first-order valence-corrected chi connectivity index (χ1v) is 10.2. The standard InChI is InChI=1S/C22H23N3OS/c1-2-24-12-14-25(15-13-24)22-23-21(26)20(27-22)16-17-8-10-19(11-9-17)18-6-4-3-5-7-18/h3-11,16H,2,12-15H2,1H3/b20-16-. The van der Waals surface area contributed by atoms with Crippen molar-refractivity contribution in [3.05, 3.63) is 65.1 Å². The van der Waals surface area contributed by atoms with Gasteiger partial charge in [0.25, 0.3) is 5.91 Å². The third-order valence-electron chi connectivity index (χ3n) is 5.01. The van der Waals surface area contributed by atoms with Gasteiger partial charge in [-0.15, -0.1) is 0 Å². The number of hydrogen-bond acceptors (Lipinski definition) is 4. The molecule has 0 unspecified atom stereocenters. The van der Waals surface area contributed by atoms with Gasteiger partial charge in [-0.2, -0.15) is 4.99 Å². The van der Waals surface area contributed by atoms with Crippen molar-refractivity contribution in [3.63, 3.8) is 0 Å². The SMILES string of the molecule is CCN1CCN(C2=NC(=O)/C(=C/c3ccc(-c4ccccc4)cc3)S2)CC1. The maximum atomic E-state index is 12.3. The molecule has 2 aromatic carbocycles. The maximum Gasteiger partial charge on any atom is 0.286 e. The van der Waals surface area contributed by atoms with E-state index in [1.807, 2.05) is 24.3 Å². The quantitative estimate of drug-likeness (QED) is 0.759. The fourth-order valence-corrected chi connectivity index (χ4v) is 4.31. The number of thioether (sulfide) groups is 1. The molecule has 138 valence electrons. The summed E-state index contributed by atoms with van der Waals surface area (Å²) in [6.07, 6.45) is 1.95. The Balaban J connectivity index is 1.44. The molecule has 1 saturated heterocycles. The minimum Gasteiger partial charge on any atom is -0.348 e. The molecule has 2 heterocycles. The van der Waals surface area contributed by atoms with Crippen LogP contribution in [0.15, 0.2) is 64.5 Å². The molecule has 4 nitrogen and oxygen atoms in total. The first-order chi connectivity index (χ1) is 13.2. The van der Waals surface area contributed by atoms with E-state index in [0.29, 0.717) is 4.91 Å². The van der Waals surface area contributed by atoms with Crippen LogP contribution in [0, 0.1) is 0 Å². The van der Waals surface area contributed by atoms with Crippen LogP contribution < -0.4 is 0 Å². The number of nitrogens with zero attached hydrogens (tertiary/aromatic N) is 3. The van der Waals surface area contributed by atoms with Crippen molar-refractivity contribution in [2.45, 2.75) is 6.92 Å². The summed E-state index contributed by atoms with van der Waals surface area (Å²) in [5.74, 6) is -0.125. The molecule has 0 saturated carbocycles. The first-order valence-electron chi connectivity index (χ1n) is 9.38. The van der Waals surface area contributed by atoms with E-state index in [9.17, 15) is 4.79 Å². The molecular weight excluding hydrogens is 354 g/mol. The summed E-state index contributed by atoms with van der Waals surface area (Å²) in [7, 11) is 0. The summed E-state index contributed by atoms with van der Waals surface area (Å²) in [6.45, 7) is 7.20. The second kappa shape index (κ2) is 8.11. The summed E-state index contributed by atoms with van der Waals surface area (Å²) in [4.78, 5) is 22.0. The minimum absolute atomic E-state index is 0.125. The number of carbonyl (C=O) groups excluding carboxylic acids is 1. The third kappa shape index (κ3) is 4.15. The molecule has 0 aromatic heterocycles. The van der Waals surface area contributed by atoms with Crippen LogP contribution >= 0.6 is 11.8 Å². The molecule has 0 spiro atoms. The monoisotopic (exact) mass is 377 g/mol. The highest BCUT2D eigenvalue weighted by atomic mass is 32.2. The number of carbonyl (C=O) groups is 1. The topological polar surface area (TPSA) is 35.9 Å². The van der Waals surface area contributed by atoms with Crippen LogP contribution in [-0.4, -0.2) is 53.6 Å². The summed E-state index contributed by atoms with van der Waals surface area (Å²) in [5.41, 5.74) is 3.39. The first kappa shape index (κ1) is 18.0. The molecule has 1 amide bonds. The van der Waals surface area contributed by atoms with Crippen molar-refractivity contribution in [1.29, 1.82) is 0 Å². The Morgan fingerprint density at radius 3 is 2.30 bits per heavy atom. The van der Waals surface area contributed by atoms with Crippen LogP contribution in [0.1, 0.15) is 12.5 Å². The Morgan fingerprint density at radius 2 is 1.63 bits per heavy atom. The van der Waals surface area contributed by atoms with Gasteiger partial charge in [-0.25, -0.2) is 0 Å². The van der Waals surface area contributed by atoms with Crippen LogP contribution in [0.2, 0.25) is 0 Å².